The molecule has 4 rings (SSSR count). The highest BCUT2D eigenvalue weighted by Crippen LogP contribution is 2.36. The molecular weight excluding hydrogens is 458 g/mol. The average molecular weight is 492 g/mol. The molecule has 0 atom stereocenters. The summed E-state index contributed by atoms with van der Waals surface area (Å²) in [6.45, 7) is 10.9. The molecule has 36 heavy (non-hydrogen) atoms. The van der Waals surface area contributed by atoms with E-state index in [0.717, 1.165) is 38.4 Å². The maximum absolute atomic E-state index is 9.55. The molecule has 9 heteroatoms. The van der Waals surface area contributed by atoms with Crippen molar-refractivity contribution in [2.75, 3.05) is 31.5 Å². The first-order valence-electron chi connectivity index (χ1n) is 12.0. The fourth-order valence-corrected chi connectivity index (χ4v) is 4.47. The van der Waals surface area contributed by atoms with Crippen LogP contribution in [-0.4, -0.2) is 67.8 Å². The van der Waals surface area contributed by atoms with Gasteiger partial charge in [-0.05, 0) is 62.1 Å². The molecule has 0 aliphatic carbocycles. The quantitative estimate of drug-likeness (QED) is 0.232. The third kappa shape index (κ3) is 5.98. The maximum Gasteiger partial charge on any atom is 0.328 e. The Morgan fingerprint density at radius 2 is 1.72 bits per heavy atom. The number of carbonyl (C=O) groups is 2. The lowest BCUT2D eigenvalue weighted by Gasteiger charge is -2.18. The molecule has 1 aromatic carbocycles. The summed E-state index contributed by atoms with van der Waals surface area (Å²) in [5.41, 5.74) is 3.78. The van der Waals surface area contributed by atoms with Gasteiger partial charge in [-0.25, -0.2) is 14.6 Å². The number of pyridine rings is 2. The molecule has 0 spiro atoms. The second-order valence-electron chi connectivity index (χ2n) is 8.42. The Balaban J connectivity index is 0.000000392. The Morgan fingerprint density at radius 1 is 1.03 bits per heavy atom. The number of aromatic nitrogens is 3. The molecule has 0 saturated heterocycles. The van der Waals surface area contributed by atoms with Gasteiger partial charge in [0.25, 0.3) is 0 Å². The molecule has 3 aromatic heterocycles. The van der Waals surface area contributed by atoms with Crippen LogP contribution in [-0.2, 0) is 16.6 Å². The zero-order valence-electron chi connectivity index (χ0n) is 21.2. The summed E-state index contributed by atoms with van der Waals surface area (Å²) in [6, 6.07) is 6.49. The molecule has 0 radical (unpaired) electrons. The van der Waals surface area contributed by atoms with Crippen molar-refractivity contribution >= 4 is 50.3 Å². The van der Waals surface area contributed by atoms with Crippen LogP contribution in [0.3, 0.4) is 0 Å². The average Bonchev–Trinajstić information content (AvgIpc) is 3.16. The Morgan fingerprint density at radius 3 is 2.36 bits per heavy atom. The molecule has 3 N–H and O–H groups in total. The van der Waals surface area contributed by atoms with Crippen LogP contribution in [0.1, 0.15) is 25.8 Å². The number of carboxylic acids is 2. The van der Waals surface area contributed by atoms with Crippen LogP contribution in [0.15, 0.2) is 48.9 Å². The molecule has 0 aliphatic heterocycles. The van der Waals surface area contributed by atoms with Gasteiger partial charge in [-0.2, -0.15) is 0 Å². The van der Waals surface area contributed by atoms with E-state index in [4.69, 9.17) is 10.2 Å². The molecule has 0 saturated carbocycles. The van der Waals surface area contributed by atoms with E-state index in [1.165, 1.54) is 38.1 Å². The van der Waals surface area contributed by atoms with E-state index in [1.807, 2.05) is 18.6 Å². The molecule has 4 aromatic rings. The maximum atomic E-state index is 9.55. The van der Waals surface area contributed by atoms with Gasteiger partial charge < -0.3 is 25.0 Å². The summed E-state index contributed by atoms with van der Waals surface area (Å²) in [7, 11) is 2.14. The first kappa shape index (κ1) is 26.6. The van der Waals surface area contributed by atoms with E-state index in [2.05, 4.69) is 70.8 Å². The minimum Gasteiger partial charge on any atom is -0.478 e. The topological polar surface area (TPSA) is 121 Å². The summed E-state index contributed by atoms with van der Waals surface area (Å²) in [4.78, 5) is 30.6. The number of carboxylic acid groups (broad SMARTS) is 2. The third-order valence-electron chi connectivity index (χ3n) is 6.28. The third-order valence-corrected chi connectivity index (χ3v) is 6.28. The lowest BCUT2D eigenvalue weighted by Crippen LogP contribution is -2.25. The zero-order chi connectivity index (χ0) is 26.2. The zero-order valence-corrected chi connectivity index (χ0v) is 21.2. The lowest BCUT2D eigenvalue weighted by molar-refractivity contribution is -0.134. The smallest absolute Gasteiger partial charge is 0.328 e. The molecule has 0 unspecified atom stereocenters. The predicted octanol–water partition coefficient (Wildman–Crippen LogP) is 4.44. The van der Waals surface area contributed by atoms with Gasteiger partial charge in [0.05, 0.1) is 11.0 Å². The van der Waals surface area contributed by atoms with Crippen molar-refractivity contribution in [1.29, 1.82) is 0 Å². The van der Waals surface area contributed by atoms with E-state index < -0.39 is 11.9 Å². The number of aryl methyl sites for hydroxylation is 2. The summed E-state index contributed by atoms with van der Waals surface area (Å²) in [6.07, 6.45) is 7.97. The Kier molecular flexibility index (Phi) is 8.97. The summed E-state index contributed by atoms with van der Waals surface area (Å²) in [5, 5.41) is 24.1. The number of nitrogens with zero attached hydrogens (tertiary/aromatic N) is 4. The number of anilines is 1. The van der Waals surface area contributed by atoms with E-state index in [1.54, 1.807) is 0 Å². The van der Waals surface area contributed by atoms with Gasteiger partial charge in [-0.3, -0.25) is 4.98 Å². The first-order valence-corrected chi connectivity index (χ1v) is 12.0. The van der Waals surface area contributed by atoms with Gasteiger partial charge >= 0.3 is 11.9 Å². The van der Waals surface area contributed by atoms with Crippen LogP contribution >= 0.6 is 0 Å². The van der Waals surface area contributed by atoms with Gasteiger partial charge in [-0.1, -0.05) is 13.8 Å². The Hall–Kier alpha value is -3.98. The Bertz CT molecular complexity index is 1390. The highest BCUT2D eigenvalue weighted by molar-refractivity contribution is 6.15. The molecule has 3 heterocycles. The van der Waals surface area contributed by atoms with Gasteiger partial charge in [0.15, 0.2) is 0 Å². The molecule has 9 nitrogen and oxygen atoms in total. The molecule has 0 bridgehead atoms. The van der Waals surface area contributed by atoms with Crippen molar-refractivity contribution in [3.05, 3.63) is 54.5 Å². The van der Waals surface area contributed by atoms with E-state index in [-0.39, 0.29) is 0 Å². The number of benzene rings is 1. The van der Waals surface area contributed by atoms with Crippen molar-refractivity contribution in [2.45, 2.75) is 27.2 Å². The minimum absolute atomic E-state index is 0.558. The molecule has 0 aliphatic rings. The van der Waals surface area contributed by atoms with Crippen molar-refractivity contribution < 1.29 is 19.8 Å². The number of aliphatic carboxylic acids is 2. The van der Waals surface area contributed by atoms with Crippen LogP contribution in [0.4, 0.5) is 5.82 Å². The van der Waals surface area contributed by atoms with Crippen molar-refractivity contribution in [3.8, 4) is 0 Å². The van der Waals surface area contributed by atoms with Crippen molar-refractivity contribution in [3.63, 3.8) is 0 Å². The standard InChI is InChI=1S/C23H29N5.C4H4O4/c1-5-28(6-2)13-7-10-25-23-19-14-18-20-15-24-11-9-21(20)27(4)22(18)16(3)17(19)8-12-26-23;5-3(6)1-2-4(7)8/h8-9,11-12,14-15H,5-7,10,13H2,1-4H3,(H,25,26);1-2H,(H,5,6)(H,7,8)/b;2-1-. The van der Waals surface area contributed by atoms with Crippen molar-refractivity contribution in [1.82, 2.24) is 19.4 Å². The number of nitrogens with one attached hydrogen (secondary N) is 1. The summed E-state index contributed by atoms with van der Waals surface area (Å²) < 4.78 is 2.28. The van der Waals surface area contributed by atoms with Gasteiger partial charge in [0, 0.05) is 60.5 Å². The Labute approximate surface area is 210 Å². The monoisotopic (exact) mass is 491 g/mol. The molecule has 0 fully saturated rings. The summed E-state index contributed by atoms with van der Waals surface area (Å²) >= 11 is 0. The van der Waals surface area contributed by atoms with Crippen LogP contribution < -0.4 is 5.32 Å². The van der Waals surface area contributed by atoms with E-state index >= 15 is 0 Å². The highest BCUT2D eigenvalue weighted by Gasteiger charge is 2.15. The fraction of sp³-hybridized carbons (Fsp3) is 0.333. The van der Waals surface area contributed by atoms with Crippen LogP contribution in [0, 0.1) is 6.92 Å². The number of fused-ring (bicyclic) bond motifs is 4. The SMILES string of the molecule is CCN(CC)CCCNc1nccc2c(C)c3c(cc12)c1cnccc1n3C.O=C(O)/C=C\C(=O)O. The minimum atomic E-state index is -1.26. The second-order valence-corrected chi connectivity index (χ2v) is 8.42. The highest BCUT2D eigenvalue weighted by atomic mass is 16.4. The van der Waals surface area contributed by atoms with E-state index in [0.29, 0.717) is 12.2 Å². The number of hydrogen-bond acceptors (Lipinski definition) is 6. The van der Waals surface area contributed by atoms with Crippen molar-refractivity contribution in [2.24, 2.45) is 7.05 Å². The van der Waals surface area contributed by atoms with Crippen LogP contribution in [0.2, 0.25) is 0 Å². The van der Waals surface area contributed by atoms with Gasteiger partial charge in [-0.15, -0.1) is 0 Å². The predicted molar refractivity (Wildman–Crippen MR) is 144 cm³/mol. The lowest BCUT2D eigenvalue weighted by atomic mass is 10.0. The molecular formula is C27H33N5O4. The van der Waals surface area contributed by atoms with Crippen LogP contribution in [0.25, 0.3) is 32.6 Å². The first-order chi connectivity index (χ1) is 17.3. The van der Waals surface area contributed by atoms with E-state index in [9.17, 15) is 9.59 Å². The normalized spacial score (nSPS) is 11.4. The molecule has 0 amide bonds. The number of hydrogen-bond donors (Lipinski definition) is 3. The fourth-order valence-electron chi connectivity index (χ4n) is 4.47. The number of rotatable bonds is 9. The summed E-state index contributed by atoms with van der Waals surface area (Å²) in [5.74, 6) is -1.54. The molecule has 190 valence electrons. The second kappa shape index (κ2) is 12.1. The van der Waals surface area contributed by atoms with Gasteiger partial charge in [0.2, 0.25) is 0 Å². The van der Waals surface area contributed by atoms with Crippen LogP contribution in [0.5, 0.6) is 0 Å². The van der Waals surface area contributed by atoms with Gasteiger partial charge in [0.1, 0.15) is 5.82 Å². The largest absolute Gasteiger partial charge is 0.478 e.